The number of benzene rings is 2. The molecule has 0 spiro atoms. The molecule has 2 aromatic carbocycles. The highest BCUT2D eigenvalue weighted by molar-refractivity contribution is 6.05. The maximum absolute atomic E-state index is 13.3. The Hall–Kier alpha value is -4.59. The number of carbonyl (C=O) groups excluding carboxylic acids is 1. The SMILES string of the molecule is [2H]c1cc(-c2ccc3c(=O)n(Cc4nc(C)cc(C)n4)ccc3c2)cc2c1C=C(C(=O)N(CCC)CCC)CC(N)=N2. The number of hydrogen-bond acceptors (Lipinski definition) is 6. The van der Waals surface area contributed by atoms with Crippen LogP contribution in [0.1, 0.15) is 57.3 Å². The average Bonchev–Trinajstić information content (AvgIpc) is 3.12. The second kappa shape index (κ2) is 11.9. The normalized spacial score (nSPS) is 13.2. The minimum atomic E-state index is -0.121. The van der Waals surface area contributed by atoms with Gasteiger partial charge in [-0.25, -0.2) is 15.0 Å². The van der Waals surface area contributed by atoms with E-state index in [-0.39, 0.29) is 30.5 Å². The van der Waals surface area contributed by atoms with Crippen LogP contribution in [0.5, 0.6) is 0 Å². The highest BCUT2D eigenvalue weighted by atomic mass is 16.2. The molecule has 0 saturated carbocycles. The quantitative estimate of drug-likeness (QED) is 0.310. The second-order valence-electron chi connectivity index (χ2n) is 10.5. The van der Waals surface area contributed by atoms with E-state index in [9.17, 15) is 9.59 Å². The Kier molecular flexibility index (Phi) is 7.71. The molecular weight excluding hydrogens is 512 g/mol. The van der Waals surface area contributed by atoms with Gasteiger partial charge in [-0.1, -0.05) is 32.0 Å². The third-order valence-electron chi connectivity index (χ3n) is 7.11. The molecule has 2 N–H and O–H groups in total. The highest BCUT2D eigenvalue weighted by Gasteiger charge is 2.21. The second-order valence-corrected chi connectivity index (χ2v) is 10.5. The Morgan fingerprint density at radius 3 is 2.44 bits per heavy atom. The van der Waals surface area contributed by atoms with Crippen LogP contribution in [-0.2, 0) is 11.3 Å². The predicted molar refractivity (Wildman–Crippen MR) is 165 cm³/mol. The van der Waals surface area contributed by atoms with Gasteiger partial charge in [0.2, 0.25) is 5.91 Å². The van der Waals surface area contributed by atoms with Crippen LogP contribution in [-0.4, -0.2) is 44.3 Å². The van der Waals surface area contributed by atoms with Crippen LogP contribution < -0.4 is 11.3 Å². The third-order valence-corrected chi connectivity index (χ3v) is 7.11. The predicted octanol–water partition coefficient (Wildman–Crippen LogP) is 5.55. The number of aryl methyl sites for hydroxylation is 2. The van der Waals surface area contributed by atoms with Gasteiger partial charge in [-0.2, -0.15) is 0 Å². The molecule has 8 nitrogen and oxygen atoms in total. The van der Waals surface area contributed by atoms with Gasteiger partial charge in [0.1, 0.15) is 11.7 Å². The molecule has 1 aliphatic heterocycles. The molecule has 0 unspecified atom stereocenters. The minimum absolute atomic E-state index is 0.0579. The van der Waals surface area contributed by atoms with Crippen molar-refractivity contribution in [1.29, 1.82) is 0 Å². The van der Waals surface area contributed by atoms with Gasteiger partial charge in [0.05, 0.1) is 13.6 Å². The van der Waals surface area contributed by atoms with Crippen LogP contribution >= 0.6 is 0 Å². The zero-order valence-electron chi connectivity index (χ0n) is 25.1. The number of rotatable bonds is 8. The van der Waals surface area contributed by atoms with E-state index in [0.29, 0.717) is 47.0 Å². The van der Waals surface area contributed by atoms with Crippen molar-refractivity contribution in [3.05, 3.63) is 93.4 Å². The number of fused-ring (bicyclic) bond motifs is 2. The molecule has 0 saturated heterocycles. The largest absolute Gasteiger partial charge is 0.387 e. The van der Waals surface area contributed by atoms with Crippen molar-refractivity contribution < 1.29 is 6.17 Å². The van der Waals surface area contributed by atoms with Crippen molar-refractivity contribution in [1.82, 2.24) is 19.4 Å². The van der Waals surface area contributed by atoms with Crippen LogP contribution in [0.25, 0.3) is 28.0 Å². The Morgan fingerprint density at radius 1 is 1.02 bits per heavy atom. The van der Waals surface area contributed by atoms with Gasteiger partial charge < -0.3 is 15.2 Å². The maximum atomic E-state index is 13.3. The summed E-state index contributed by atoms with van der Waals surface area (Å²) in [5, 5.41) is 1.38. The fourth-order valence-corrected chi connectivity index (χ4v) is 5.29. The molecule has 4 aromatic rings. The van der Waals surface area contributed by atoms with E-state index >= 15 is 0 Å². The number of aliphatic imine (C=N–C) groups is 1. The fraction of sp³-hybridized carbons (Fsp3) is 0.303. The molecule has 5 rings (SSSR count). The van der Waals surface area contributed by atoms with E-state index < -0.39 is 0 Å². The molecule has 8 heteroatoms. The monoisotopic (exact) mass is 549 g/mol. The first-order valence-corrected chi connectivity index (χ1v) is 14.1. The standard InChI is InChI=1S/C33H36N6O2/c1-5-12-38(13-6-2)32(40)27-17-26-8-7-24(18-29(26)37-30(34)19-27)23-9-10-28-25(16-23)11-14-39(33(28)41)20-31-35-21(3)15-22(4)36-31/h7-11,14-18H,5-6,12-13,19-20H2,1-4H3,(H2,34,37)/i8D. The first kappa shape index (κ1) is 26.6. The number of carbonyl (C=O) groups is 1. The molecule has 2 aromatic heterocycles. The lowest BCUT2D eigenvalue weighted by atomic mass is 9.99. The number of aromatic nitrogens is 3. The minimum Gasteiger partial charge on any atom is -0.387 e. The van der Waals surface area contributed by atoms with E-state index in [1.54, 1.807) is 22.9 Å². The van der Waals surface area contributed by atoms with E-state index in [4.69, 9.17) is 7.10 Å². The molecule has 1 aliphatic rings. The summed E-state index contributed by atoms with van der Waals surface area (Å²) in [5.74, 6) is 0.878. The smallest absolute Gasteiger partial charge is 0.258 e. The molecule has 0 atom stereocenters. The number of nitrogens with two attached hydrogens (primary N) is 1. The molecule has 41 heavy (non-hydrogen) atoms. The lowest BCUT2D eigenvalue weighted by Gasteiger charge is -2.22. The van der Waals surface area contributed by atoms with Crippen molar-refractivity contribution in [2.24, 2.45) is 10.7 Å². The van der Waals surface area contributed by atoms with Crippen molar-refractivity contribution in [2.75, 3.05) is 13.1 Å². The number of amidine groups is 1. The van der Waals surface area contributed by atoms with E-state index in [1.807, 2.05) is 55.1 Å². The van der Waals surface area contributed by atoms with Gasteiger partial charge in [-0.05, 0) is 79.6 Å². The van der Waals surface area contributed by atoms with Crippen LogP contribution in [0.15, 0.2) is 70.1 Å². The molecular formula is C33H36N6O2. The van der Waals surface area contributed by atoms with Crippen LogP contribution in [0, 0.1) is 13.8 Å². The molecule has 0 fully saturated rings. The fourth-order valence-electron chi connectivity index (χ4n) is 5.29. The summed E-state index contributed by atoms with van der Waals surface area (Å²) in [6.07, 6.45) is 5.51. The summed E-state index contributed by atoms with van der Waals surface area (Å²) in [4.78, 5) is 42.0. The van der Waals surface area contributed by atoms with Crippen LogP contribution in [0.2, 0.25) is 0 Å². The van der Waals surface area contributed by atoms with Gasteiger partial charge in [-0.15, -0.1) is 0 Å². The third kappa shape index (κ3) is 6.11. The topological polar surface area (TPSA) is 106 Å². The van der Waals surface area contributed by atoms with Crippen molar-refractivity contribution >= 4 is 34.3 Å². The Labute approximate surface area is 241 Å². The number of nitrogens with zero attached hydrogens (tertiary/aromatic N) is 5. The summed E-state index contributed by atoms with van der Waals surface area (Å²) in [5.41, 5.74) is 11.2. The Morgan fingerprint density at radius 2 is 1.73 bits per heavy atom. The number of pyridine rings is 1. The molecule has 3 heterocycles. The molecule has 0 bridgehead atoms. The average molecular weight is 550 g/mol. The van der Waals surface area contributed by atoms with Gasteiger partial charge in [-0.3, -0.25) is 9.59 Å². The van der Waals surface area contributed by atoms with Crippen LogP contribution in [0.3, 0.4) is 0 Å². The van der Waals surface area contributed by atoms with E-state index in [1.165, 1.54) is 0 Å². The molecule has 0 aliphatic carbocycles. The van der Waals surface area contributed by atoms with Gasteiger partial charge in [0.15, 0.2) is 0 Å². The number of amides is 1. The number of hydrogen-bond donors (Lipinski definition) is 1. The van der Waals surface area contributed by atoms with E-state index in [2.05, 4.69) is 28.8 Å². The van der Waals surface area contributed by atoms with Gasteiger partial charge in [0.25, 0.3) is 5.56 Å². The maximum Gasteiger partial charge on any atom is 0.258 e. The molecule has 1 amide bonds. The summed E-state index contributed by atoms with van der Waals surface area (Å²) in [6.45, 7) is 9.57. The van der Waals surface area contributed by atoms with Crippen LogP contribution in [0.4, 0.5) is 5.69 Å². The lowest BCUT2D eigenvalue weighted by Crippen LogP contribution is -2.34. The summed E-state index contributed by atoms with van der Waals surface area (Å²) < 4.78 is 10.4. The van der Waals surface area contributed by atoms with Crippen molar-refractivity contribution in [2.45, 2.75) is 53.5 Å². The zero-order chi connectivity index (χ0) is 30.0. The highest BCUT2D eigenvalue weighted by Crippen LogP contribution is 2.33. The van der Waals surface area contributed by atoms with E-state index in [0.717, 1.165) is 40.7 Å². The first-order valence-electron chi connectivity index (χ1n) is 14.6. The van der Waals surface area contributed by atoms with Gasteiger partial charge >= 0.3 is 0 Å². The molecule has 0 radical (unpaired) electrons. The van der Waals surface area contributed by atoms with Crippen molar-refractivity contribution in [3.63, 3.8) is 0 Å². The summed E-state index contributed by atoms with van der Waals surface area (Å²) in [7, 11) is 0. The zero-order valence-corrected chi connectivity index (χ0v) is 24.1. The molecule has 210 valence electrons. The lowest BCUT2D eigenvalue weighted by molar-refractivity contribution is -0.127. The Bertz CT molecular complexity index is 1780. The van der Waals surface area contributed by atoms with Crippen molar-refractivity contribution in [3.8, 4) is 11.1 Å². The first-order chi connectivity index (χ1) is 20.2. The summed E-state index contributed by atoms with van der Waals surface area (Å²) in [6, 6.07) is 13.4. The summed E-state index contributed by atoms with van der Waals surface area (Å²) >= 11 is 0. The Balaban J connectivity index is 1.49. The van der Waals surface area contributed by atoms with Gasteiger partial charge in [0, 0.05) is 53.6 Å².